The van der Waals surface area contributed by atoms with Crippen LogP contribution >= 0.6 is 0 Å². The van der Waals surface area contributed by atoms with Crippen LogP contribution in [0.3, 0.4) is 0 Å². The van der Waals surface area contributed by atoms with Crippen LogP contribution in [0.4, 0.5) is 5.82 Å². The minimum Gasteiger partial charge on any atom is -0.384 e. The Kier molecular flexibility index (Phi) is 4.42. The molecule has 0 radical (unpaired) electrons. The average Bonchev–Trinajstić information content (AvgIpc) is 2.20. The number of hydrogen-bond acceptors (Lipinski definition) is 3. The highest BCUT2D eigenvalue weighted by atomic mass is 16.1. The van der Waals surface area contributed by atoms with E-state index in [2.05, 4.69) is 28.7 Å². The first-order valence-corrected chi connectivity index (χ1v) is 5.07. The third kappa shape index (κ3) is 3.86. The third-order valence-corrected chi connectivity index (χ3v) is 1.97. The maximum atomic E-state index is 10.8. The molecule has 80 valence electrons. The Hall–Kier alpha value is -1.76. The van der Waals surface area contributed by atoms with Crippen LogP contribution in [0.5, 0.6) is 0 Å². The van der Waals surface area contributed by atoms with E-state index in [1.54, 1.807) is 0 Å². The Morgan fingerprint density at radius 3 is 3.00 bits per heavy atom. The first kappa shape index (κ1) is 11.3. The molecule has 1 aromatic rings. The number of aromatic amines is 1. The summed E-state index contributed by atoms with van der Waals surface area (Å²) in [4.78, 5) is 16.7. The van der Waals surface area contributed by atoms with E-state index < -0.39 is 5.69 Å². The number of rotatable bonds is 3. The molecule has 0 atom stereocenters. The molecule has 1 aromatic heterocycles. The minimum atomic E-state index is -0.441. The monoisotopic (exact) mass is 205 g/mol. The van der Waals surface area contributed by atoms with Gasteiger partial charge < -0.3 is 5.73 Å². The van der Waals surface area contributed by atoms with Crippen LogP contribution in [-0.4, -0.2) is 9.97 Å². The van der Waals surface area contributed by atoms with E-state index in [1.165, 1.54) is 19.0 Å². The molecule has 0 aliphatic carbocycles. The van der Waals surface area contributed by atoms with Gasteiger partial charge in [0, 0.05) is 6.42 Å². The van der Waals surface area contributed by atoms with Gasteiger partial charge in [-0.3, -0.25) is 4.98 Å². The average molecular weight is 205 g/mol. The first-order chi connectivity index (χ1) is 7.24. The number of nitrogens with two attached hydrogens (primary N) is 1. The third-order valence-electron chi connectivity index (χ3n) is 1.97. The number of unbranched alkanes of at least 4 members (excludes halogenated alkanes) is 3. The second-order valence-corrected chi connectivity index (χ2v) is 3.27. The molecule has 0 aliphatic rings. The van der Waals surface area contributed by atoms with Crippen molar-refractivity contribution in [3.63, 3.8) is 0 Å². The van der Waals surface area contributed by atoms with Gasteiger partial charge in [-0.1, -0.05) is 31.6 Å². The zero-order valence-corrected chi connectivity index (χ0v) is 8.84. The Balaban J connectivity index is 2.60. The zero-order chi connectivity index (χ0) is 11.1. The Morgan fingerprint density at radius 1 is 1.53 bits per heavy atom. The molecule has 1 heterocycles. The van der Waals surface area contributed by atoms with Crippen LogP contribution in [-0.2, 0) is 0 Å². The lowest BCUT2D eigenvalue weighted by Crippen LogP contribution is -2.12. The smallest absolute Gasteiger partial charge is 0.346 e. The molecule has 0 bridgehead atoms. The van der Waals surface area contributed by atoms with E-state index in [4.69, 9.17) is 5.73 Å². The molecule has 15 heavy (non-hydrogen) atoms. The second-order valence-electron chi connectivity index (χ2n) is 3.27. The van der Waals surface area contributed by atoms with Crippen LogP contribution in [0.1, 0.15) is 38.2 Å². The Bertz CT molecular complexity index is 425. The summed E-state index contributed by atoms with van der Waals surface area (Å²) in [6, 6.07) is 0. The standard InChI is InChI=1S/C11H15N3O/c1-2-3-4-5-6-7-9-8-13-11(15)14-10(9)12/h8H,2-5H2,1H3,(H3,12,13,14,15). The van der Waals surface area contributed by atoms with Gasteiger partial charge in [0.1, 0.15) is 5.82 Å². The van der Waals surface area contributed by atoms with Gasteiger partial charge in [-0.05, 0) is 6.42 Å². The van der Waals surface area contributed by atoms with E-state index in [0.717, 1.165) is 12.8 Å². The maximum absolute atomic E-state index is 10.8. The molecular formula is C11H15N3O. The minimum absolute atomic E-state index is 0.290. The van der Waals surface area contributed by atoms with E-state index in [0.29, 0.717) is 5.56 Å². The topological polar surface area (TPSA) is 71.8 Å². The molecule has 0 amide bonds. The van der Waals surface area contributed by atoms with Crippen LogP contribution in [0, 0.1) is 11.8 Å². The van der Waals surface area contributed by atoms with Crippen molar-refractivity contribution in [3.05, 3.63) is 22.2 Å². The maximum Gasteiger partial charge on any atom is 0.346 e. The van der Waals surface area contributed by atoms with E-state index in [9.17, 15) is 4.79 Å². The number of nitrogen functional groups attached to an aromatic ring is 1. The molecule has 0 spiro atoms. The number of aromatic nitrogens is 2. The Labute approximate surface area is 88.9 Å². The number of nitrogens with one attached hydrogen (secondary N) is 1. The summed E-state index contributed by atoms with van der Waals surface area (Å²) in [6.45, 7) is 2.15. The fraction of sp³-hybridized carbons (Fsp3) is 0.455. The van der Waals surface area contributed by atoms with Crippen LogP contribution in [0.15, 0.2) is 11.0 Å². The quantitative estimate of drug-likeness (QED) is 0.577. The molecule has 0 aromatic carbocycles. The molecule has 3 N–H and O–H groups in total. The van der Waals surface area contributed by atoms with Gasteiger partial charge in [0.2, 0.25) is 0 Å². The van der Waals surface area contributed by atoms with Gasteiger partial charge in [-0.15, -0.1) is 0 Å². The summed E-state index contributed by atoms with van der Waals surface area (Å²) in [5.74, 6) is 6.19. The van der Waals surface area contributed by atoms with Crippen LogP contribution < -0.4 is 11.4 Å². The van der Waals surface area contributed by atoms with Crippen molar-refractivity contribution in [2.75, 3.05) is 5.73 Å². The van der Waals surface area contributed by atoms with Crippen LogP contribution in [0.2, 0.25) is 0 Å². The van der Waals surface area contributed by atoms with E-state index >= 15 is 0 Å². The van der Waals surface area contributed by atoms with E-state index in [-0.39, 0.29) is 5.82 Å². The summed E-state index contributed by atoms with van der Waals surface area (Å²) in [6.07, 6.45) is 5.73. The van der Waals surface area contributed by atoms with Gasteiger partial charge in [-0.25, -0.2) is 9.78 Å². The molecular weight excluding hydrogens is 190 g/mol. The number of hydrogen-bond donors (Lipinski definition) is 2. The lowest BCUT2D eigenvalue weighted by atomic mass is 10.2. The van der Waals surface area contributed by atoms with Crippen molar-refractivity contribution in [2.24, 2.45) is 0 Å². The largest absolute Gasteiger partial charge is 0.384 e. The van der Waals surface area contributed by atoms with Crippen molar-refractivity contribution < 1.29 is 0 Å². The zero-order valence-electron chi connectivity index (χ0n) is 8.84. The number of nitrogens with zero attached hydrogens (tertiary/aromatic N) is 1. The van der Waals surface area contributed by atoms with Gasteiger partial charge >= 0.3 is 5.69 Å². The summed E-state index contributed by atoms with van der Waals surface area (Å²) >= 11 is 0. The molecule has 0 unspecified atom stereocenters. The van der Waals surface area contributed by atoms with Gasteiger partial charge in [-0.2, -0.15) is 0 Å². The predicted octanol–water partition coefficient (Wildman–Crippen LogP) is 1.28. The highest BCUT2D eigenvalue weighted by molar-refractivity contribution is 5.48. The van der Waals surface area contributed by atoms with Crippen molar-refractivity contribution in [1.29, 1.82) is 0 Å². The first-order valence-electron chi connectivity index (χ1n) is 5.07. The summed E-state index contributed by atoms with van der Waals surface area (Å²) < 4.78 is 0. The summed E-state index contributed by atoms with van der Waals surface area (Å²) in [7, 11) is 0. The van der Waals surface area contributed by atoms with Gasteiger partial charge in [0.15, 0.2) is 0 Å². The predicted molar refractivity (Wildman–Crippen MR) is 60.3 cm³/mol. The Morgan fingerprint density at radius 2 is 2.33 bits per heavy atom. The van der Waals surface area contributed by atoms with E-state index in [1.807, 2.05) is 0 Å². The second kappa shape index (κ2) is 5.86. The molecule has 0 saturated carbocycles. The van der Waals surface area contributed by atoms with Crippen molar-refractivity contribution in [3.8, 4) is 11.8 Å². The number of H-pyrrole nitrogens is 1. The highest BCUT2D eigenvalue weighted by Gasteiger charge is 1.95. The lowest BCUT2D eigenvalue weighted by molar-refractivity contribution is 0.737. The lowest BCUT2D eigenvalue weighted by Gasteiger charge is -1.94. The fourth-order valence-electron chi connectivity index (χ4n) is 1.13. The van der Waals surface area contributed by atoms with Gasteiger partial charge in [0.25, 0.3) is 0 Å². The molecule has 0 fully saturated rings. The van der Waals surface area contributed by atoms with Gasteiger partial charge in [0.05, 0.1) is 11.8 Å². The van der Waals surface area contributed by atoms with Crippen molar-refractivity contribution in [2.45, 2.75) is 32.6 Å². The molecule has 1 rings (SSSR count). The fourth-order valence-corrected chi connectivity index (χ4v) is 1.13. The van der Waals surface area contributed by atoms with Crippen molar-refractivity contribution >= 4 is 5.82 Å². The summed E-state index contributed by atoms with van der Waals surface area (Å²) in [5, 5.41) is 0. The molecule has 4 heteroatoms. The molecule has 0 aliphatic heterocycles. The van der Waals surface area contributed by atoms with Crippen molar-refractivity contribution in [1.82, 2.24) is 9.97 Å². The molecule has 4 nitrogen and oxygen atoms in total. The highest BCUT2D eigenvalue weighted by Crippen LogP contribution is 2.01. The molecule has 0 saturated heterocycles. The summed E-state index contributed by atoms with van der Waals surface area (Å²) in [5.41, 5.74) is 5.71. The SMILES string of the molecule is CCCCCC#Cc1cnc(=O)[nH]c1N. The number of anilines is 1. The normalized spacial score (nSPS) is 9.40. The van der Waals surface area contributed by atoms with Crippen LogP contribution in [0.25, 0.3) is 0 Å².